The van der Waals surface area contributed by atoms with E-state index in [2.05, 4.69) is 0 Å². The van der Waals surface area contributed by atoms with Crippen molar-refractivity contribution in [2.75, 3.05) is 6.26 Å². The second-order valence-electron chi connectivity index (χ2n) is 7.95. The number of carbonyl (C=O) groups excluding carboxylic acids is 1. The fourth-order valence-electron chi connectivity index (χ4n) is 3.56. The third kappa shape index (κ3) is 3.91. The van der Waals surface area contributed by atoms with Gasteiger partial charge in [0.2, 0.25) is 0 Å². The van der Waals surface area contributed by atoms with Crippen LogP contribution in [0.1, 0.15) is 36.2 Å². The number of Topliss-reactive ketones (excluding diaryl/α,β-unsaturated/α-hetero) is 1. The predicted octanol–water partition coefficient (Wildman–Crippen LogP) is 6.40. The molecule has 0 amide bonds. The Balaban J connectivity index is 1.87. The van der Waals surface area contributed by atoms with Crippen LogP contribution in [0.25, 0.3) is 21.1 Å². The number of benzene rings is 1. The summed E-state index contributed by atoms with van der Waals surface area (Å²) in [5, 5.41) is 3.51. The van der Waals surface area contributed by atoms with Gasteiger partial charge >= 0.3 is 0 Å². The quantitative estimate of drug-likeness (QED) is 0.430. The van der Waals surface area contributed by atoms with Gasteiger partial charge in [-0.05, 0) is 29.5 Å². The lowest BCUT2D eigenvalue weighted by Gasteiger charge is -2.29. The Morgan fingerprint density at radius 2 is 1.86 bits per heavy atom. The van der Waals surface area contributed by atoms with Gasteiger partial charge in [0.25, 0.3) is 0 Å². The van der Waals surface area contributed by atoms with Crippen molar-refractivity contribution in [1.29, 1.82) is 0 Å². The number of rotatable bonds is 3. The normalized spacial score (nSPS) is 16.1. The molecular weight excluding hydrogens is 469 g/mol. The number of fused-ring (bicyclic) bond motifs is 1. The first-order chi connectivity index (χ1) is 13.5. The highest BCUT2D eigenvalue weighted by molar-refractivity contribution is 7.93. The molecule has 3 aromatic rings. The molecule has 1 aromatic carbocycles. The molecule has 1 aliphatic carbocycles. The number of hydrogen-bond donors (Lipinski definition) is 0. The number of thiazole rings is 1. The molecule has 9 heteroatoms. The molecule has 0 saturated heterocycles. The third-order valence-corrected chi connectivity index (χ3v) is 9.60. The minimum Gasteiger partial charge on any atom is -0.294 e. The summed E-state index contributed by atoms with van der Waals surface area (Å²) in [4.78, 5) is 18.3. The molecule has 0 bridgehead atoms. The number of ketones is 1. The Morgan fingerprint density at radius 3 is 2.52 bits per heavy atom. The van der Waals surface area contributed by atoms with E-state index in [0.717, 1.165) is 39.3 Å². The standard InChI is InChI=1S/C20H17Cl2NO3S3/c1-20(2)7-11-16(15(24)8-20)19(29(3,25)26)28-17(11)18-23-14(9-27-18)10-4-5-12(21)13(22)6-10/h4-6,9H,7-8H2,1-3H3. The number of aromatic nitrogens is 1. The van der Waals surface area contributed by atoms with Gasteiger partial charge in [-0.2, -0.15) is 0 Å². The van der Waals surface area contributed by atoms with Crippen LogP contribution in [0.3, 0.4) is 0 Å². The second-order valence-corrected chi connectivity index (χ2v) is 12.9. The molecule has 0 radical (unpaired) electrons. The highest BCUT2D eigenvalue weighted by atomic mass is 35.5. The lowest BCUT2D eigenvalue weighted by Crippen LogP contribution is -2.27. The molecule has 152 valence electrons. The van der Waals surface area contributed by atoms with Crippen molar-refractivity contribution in [2.45, 2.75) is 30.9 Å². The van der Waals surface area contributed by atoms with Gasteiger partial charge in [0.05, 0.1) is 26.2 Å². The monoisotopic (exact) mass is 485 g/mol. The van der Waals surface area contributed by atoms with Gasteiger partial charge in [-0.25, -0.2) is 13.4 Å². The molecule has 2 heterocycles. The molecule has 2 aromatic heterocycles. The van der Waals surface area contributed by atoms with Crippen molar-refractivity contribution in [2.24, 2.45) is 5.41 Å². The maximum atomic E-state index is 12.8. The molecule has 4 rings (SSSR count). The topological polar surface area (TPSA) is 64.1 Å². The van der Waals surface area contributed by atoms with E-state index < -0.39 is 9.84 Å². The molecule has 0 spiro atoms. The number of hydrogen-bond acceptors (Lipinski definition) is 6. The summed E-state index contributed by atoms with van der Waals surface area (Å²) < 4.78 is 24.9. The summed E-state index contributed by atoms with van der Waals surface area (Å²) in [5.41, 5.74) is 2.49. The molecule has 0 atom stereocenters. The zero-order valence-corrected chi connectivity index (χ0v) is 19.8. The number of halogens is 2. The molecule has 4 nitrogen and oxygen atoms in total. The molecular formula is C20H17Cl2NO3S3. The van der Waals surface area contributed by atoms with E-state index in [9.17, 15) is 13.2 Å². The van der Waals surface area contributed by atoms with E-state index in [1.54, 1.807) is 12.1 Å². The number of thiophene rings is 1. The summed E-state index contributed by atoms with van der Waals surface area (Å²) >= 11 is 14.7. The van der Waals surface area contributed by atoms with Gasteiger partial charge in [-0.3, -0.25) is 4.79 Å². The summed E-state index contributed by atoms with van der Waals surface area (Å²) in [6, 6.07) is 5.31. The Kier molecular flexibility index (Phi) is 5.19. The van der Waals surface area contributed by atoms with Crippen LogP contribution in [0.5, 0.6) is 0 Å². The maximum absolute atomic E-state index is 12.8. The first kappa shape index (κ1) is 21.0. The van der Waals surface area contributed by atoms with Gasteiger partial charge in [-0.1, -0.05) is 43.1 Å². The van der Waals surface area contributed by atoms with Gasteiger partial charge < -0.3 is 0 Å². The first-order valence-electron chi connectivity index (χ1n) is 8.76. The smallest absolute Gasteiger partial charge is 0.185 e. The van der Waals surface area contributed by atoms with Crippen molar-refractivity contribution in [3.05, 3.63) is 44.8 Å². The van der Waals surface area contributed by atoms with Crippen molar-refractivity contribution in [1.82, 2.24) is 4.98 Å². The molecule has 0 N–H and O–H groups in total. The average Bonchev–Trinajstić information content (AvgIpc) is 3.20. The van der Waals surface area contributed by atoms with E-state index >= 15 is 0 Å². The minimum absolute atomic E-state index is 0.111. The van der Waals surface area contributed by atoms with Crippen LogP contribution in [0, 0.1) is 5.41 Å². The molecule has 1 aliphatic rings. The predicted molar refractivity (Wildman–Crippen MR) is 120 cm³/mol. The molecule has 0 unspecified atom stereocenters. The van der Waals surface area contributed by atoms with Crippen LogP contribution < -0.4 is 0 Å². The zero-order valence-electron chi connectivity index (χ0n) is 15.9. The lowest BCUT2D eigenvalue weighted by molar-refractivity contribution is 0.0910. The highest BCUT2D eigenvalue weighted by Gasteiger charge is 2.39. The Hall–Kier alpha value is -1.25. The number of sulfone groups is 1. The fourth-order valence-corrected chi connectivity index (χ4v) is 7.34. The largest absolute Gasteiger partial charge is 0.294 e. The number of nitrogens with zero attached hydrogens (tertiary/aromatic N) is 1. The van der Waals surface area contributed by atoms with Crippen LogP contribution in [0.4, 0.5) is 0 Å². The van der Waals surface area contributed by atoms with Crippen LogP contribution in [0.2, 0.25) is 10.0 Å². The van der Waals surface area contributed by atoms with Crippen LogP contribution in [-0.2, 0) is 16.3 Å². The van der Waals surface area contributed by atoms with E-state index in [0.29, 0.717) is 33.5 Å². The Morgan fingerprint density at radius 1 is 1.14 bits per heavy atom. The second kappa shape index (κ2) is 7.17. The minimum atomic E-state index is -3.51. The van der Waals surface area contributed by atoms with Crippen molar-refractivity contribution in [3.8, 4) is 21.1 Å². The summed E-state index contributed by atoms with van der Waals surface area (Å²) in [6.45, 7) is 4.05. The fraction of sp³-hybridized carbons (Fsp3) is 0.300. The maximum Gasteiger partial charge on any atom is 0.185 e. The summed E-state index contributed by atoms with van der Waals surface area (Å²) in [6.07, 6.45) is 2.13. The first-order valence-corrected chi connectivity index (χ1v) is 13.1. The summed E-state index contributed by atoms with van der Waals surface area (Å²) in [5.74, 6) is -0.111. The van der Waals surface area contributed by atoms with Crippen molar-refractivity contribution in [3.63, 3.8) is 0 Å². The van der Waals surface area contributed by atoms with Crippen molar-refractivity contribution >= 4 is 61.5 Å². The van der Waals surface area contributed by atoms with Crippen LogP contribution >= 0.6 is 45.9 Å². The zero-order chi connectivity index (χ0) is 21.1. The Bertz CT molecular complexity index is 1260. The van der Waals surface area contributed by atoms with Gasteiger partial charge in [0.1, 0.15) is 9.22 Å². The highest BCUT2D eigenvalue weighted by Crippen LogP contribution is 2.48. The van der Waals surface area contributed by atoms with Gasteiger partial charge in [-0.15, -0.1) is 22.7 Å². The molecule has 0 fully saturated rings. The van der Waals surface area contributed by atoms with Gasteiger partial charge in [0, 0.05) is 23.6 Å². The van der Waals surface area contributed by atoms with Crippen molar-refractivity contribution < 1.29 is 13.2 Å². The van der Waals surface area contributed by atoms with Crippen LogP contribution in [0.15, 0.2) is 27.8 Å². The number of carbonyl (C=O) groups is 1. The van der Waals surface area contributed by atoms with E-state index in [4.69, 9.17) is 28.2 Å². The SMILES string of the molecule is CC1(C)CC(=O)c2c(S(C)(=O)=O)sc(-c3nc(-c4ccc(Cl)c(Cl)c4)cs3)c2C1. The lowest BCUT2D eigenvalue weighted by atomic mass is 9.74. The third-order valence-electron chi connectivity index (χ3n) is 4.80. The molecule has 0 aliphatic heterocycles. The molecule has 29 heavy (non-hydrogen) atoms. The summed E-state index contributed by atoms with van der Waals surface area (Å²) in [7, 11) is -3.51. The average molecular weight is 486 g/mol. The molecule has 0 saturated carbocycles. The van der Waals surface area contributed by atoms with Crippen LogP contribution in [-0.4, -0.2) is 25.4 Å². The van der Waals surface area contributed by atoms with Gasteiger partial charge in [0.15, 0.2) is 15.6 Å². The van der Waals surface area contributed by atoms with E-state index in [1.807, 2.05) is 25.3 Å². The van der Waals surface area contributed by atoms with E-state index in [-0.39, 0.29) is 15.4 Å². The Labute approximate surface area is 187 Å². The van der Waals surface area contributed by atoms with E-state index in [1.165, 1.54) is 11.3 Å².